The molecule has 3 nitrogen and oxygen atoms in total. The molecule has 0 amide bonds. The summed E-state index contributed by atoms with van der Waals surface area (Å²) in [6, 6.07) is 0. The number of ether oxygens (including phenoxy) is 1. The van der Waals surface area contributed by atoms with Crippen LogP contribution in [0.5, 0.6) is 0 Å². The highest BCUT2D eigenvalue weighted by molar-refractivity contribution is 7.11. The molecule has 0 aliphatic heterocycles. The lowest BCUT2D eigenvalue weighted by Gasteiger charge is -1.76. The minimum Gasteiger partial charge on any atom is -0.385 e. The van der Waals surface area contributed by atoms with Gasteiger partial charge in [0.15, 0.2) is 11.3 Å². The summed E-state index contributed by atoms with van der Waals surface area (Å²) in [5.74, 6) is 0. The Balaban J connectivity index is 0.000000218. The van der Waals surface area contributed by atoms with Gasteiger partial charge in [0.2, 0.25) is 0 Å². The number of aldehydes is 1. The predicted molar refractivity (Wildman–Crippen MR) is 45.1 cm³/mol. The quantitative estimate of drug-likeness (QED) is 0.638. The zero-order valence-electron chi connectivity index (χ0n) is 6.61. The zero-order valence-corrected chi connectivity index (χ0v) is 7.43. The SMILES string of the molecule is CCOC.O=Cc1nccs1. The van der Waals surface area contributed by atoms with Crippen molar-refractivity contribution >= 4 is 17.6 Å². The minimum absolute atomic E-state index is 0.542. The van der Waals surface area contributed by atoms with E-state index in [2.05, 4.69) is 9.72 Å². The Morgan fingerprint density at radius 2 is 2.45 bits per heavy atom. The van der Waals surface area contributed by atoms with E-state index in [0.717, 1.165) is 12.9 Å². The van der Waals surface area contributed by atoms with E-state index >= 15 is 0 Å². The molecule has 1 heterocycles. The van der Waals surface area contributed by atoms with Crippen LogP contribution >= 0.6 is 11.3 Å². The number of carbonyl (C=O) groups excluding carboxylic acids is 1. The summed E-state index contributed by atoms with van der Waals surface area (Å²) >= 11 is 1.34. The molecule has 0 fully saturated rings. The maximum absolute atomic E-state index is 9.82. The van der Waals surface area contributed by atoms with Crippen LogP contribution in [0.15, 0.2) is 11.6 Å². The number of hydrogen-bond donors (Lipinski definition) is 0. The van der Waals surface area contributed by atoms with E-state index < -0.39 is 0 Å². The summed E-state index contributed by atoms with van der Waals surface area (Å²) in [5, 5.41) is 2.31. The topological polar surface area (TPSA) is 39.2 Å². The van der Waals surface area contributed by atoms with Crippen LogP contribution in [0.1, 0.15) is 16.7 Å². The van der Waals surface area contributed by atoms with Crippen molar-refractivity contribution in [2.24, 2.45) is 0 Å². The molecule has 0 saturated carbocycles. The summed E-state index contributed by atoms with van der Waals surface area (Å²) in [4.78, 5) is 13.5. The molecule has 1 aromatic heterocycles. The average molecular weight is 173 g/mol. The first-order chi connectivity index (χ1) is 5.35. The second kappa shape index (κ2) is 7.37. The van der Waals surface area contributed by atoms with Crippen LogP contribution in [-0.4, -0.2) is 25.0 Å². The maximum Gasteiger partial charge on any atom is 0.178 e. The van der Waals surface area contributed by atoms with Gasteiger partial charge in [-0.05, 0) is 6.92 Å². The highest BCUT2D eigenvalue weighted by atomic mass is 32.1. The Morgan fingerprint density at radius 1 is 1.82 bits per heavy atom. The van der Waals surface area contributed by atoms with Gasteiger partial charge in [-0.1, -0.05) is 0 Å². The molecule has 0 atom stereocenters. The molecule has 0 aromatic carbocycles. The number of rotatable bonds is 2. The average Bonchev–Trinajstić information content (AvgIpc) is 2.56. The summed E-state index contributed by atoms with van der Waals surface area (Å²) < 4.78 is 4.54. The second-order valence-electron chi connectivity index (χ2n) is 1.57. The Hall–Kier alpha value is -0.740. The Kier molecular flexibility index (Phi) is 6.87. The monoisotopic (exact) mass is 173 g/mol. The van der Waals surface area contributed by atoms with E-state index in [9.17, 15) is 4.79 Å². The molecule has 1 rings (SSSR count). The second-order valence-corrected chi connectivity index (χ2v) is 2.49. The van der Waals surface area contributed by atoms with Crippen LogP contribution in [0, 0.1) is 0 Å². The summed E-state index contributed by atoms with van der Waals surface area (Å²) in [6.45, 7) is 2.78. The Labute approximate surface area is 70.0 Å². The molecular formula is C7H11NO2S. The molecule has 1 aromatic rings. The van der Waals surface area contributed by atoms with Crippen LogP contribution in [0.4, 0.5) is 0 Å². The number of hydrogen-bond acceptors (Lipinski definition) is 4. The smallest absolute Gasteiger partial charge is 0.178 e. The van der Waals surface area contributed by atoms with Crippen molar-refractivity contribution in [3.05, 3.63) is 16.6 Å². The van der Waals surface area contributed by atoms with Gasteiger partial charge in [0, 0.05) is 25.3 Å². The van der Waals surface area contributed by atoms with E-state index in [1.165, 1.54) is 11.3 Å². The van der Waals surface area contributed by atoms with Gasteiger partial charge < -0.3 is 4.74 Å². The lowest BCUT2D eigenvalue weighted by molar-refractivity contribution is 0.112. The fraction of sp³-hybridized carbons (Fsp3) is 0.429. The summed E-state index contributed by atoms with van der Waals surface area (Å²) in [6.07, 6.45) is 2.35. The van der Waals surface area contributed by atoms with E-state index in [4.69, 9.17) is 0 Å². The van der Waals surface area contributed by atoms with E-state index in [1.807, 2.05) is 6.92 Å². The molecular weight excluding hydrogens is 162 g/mol. The van der Waals surface area contributed by atoms with Crippen LogP contribution in [0.2, 0.25) is 0 Å². The Bertz CT molecular complexity index is 173. The number of carbonyl (C=O) groups is 1. The maximum atomic E-state index is 9.82. The van der Waals surface area contributed by atoms with Gasteiger partial charge >= 0.3 is 0 Å². The largest absolute Gasteiger partial charge is 0.385 e. The standard InChI is InChI=1S/C4H3NOS.C3H8O/c6-3-4-5-1-2-7-4;1-3-4-2/h1-3H;3H2,1-2H3. The number of nitrogens with zero attached hydrogens (tertiary/aromatic N) is 1. The van der Waals surface area contributed by atoms with Crippen LogP contribution < -0.4 is 0 Å². The van der Waals surface area contributed by atoms with Gasteiger partial charge in [-0.2, -0.15) is 0 Å². The molecule has 0 radical (unpaired) electrons. The van der Waals surface area contributed by atoms with Gasteiger partial charge in [-0.3, -0.25) is 4.79 Å². The summed E-state index contributed by atoms with van der Waals surface area (Å²) in [7, 11) is 1.68. The van der Waals surface area contributed by atoms with Crippen LogP contribution in [0.3, 0.4) is 0 Å². The lowest BCUT2D eigenvalue weighted by atomic mass is 10.8. The van der Waals surface area contributed by atoms with Crippen molar-refractivity contribution in [1.82, 2.24) is 4.98 Å². The fourth-order valence-electron chi connectivity index (χ4n) is 0.293. The van der Waals surface area contributed by atoms with Crippen molar-refractivity contribution in [2.75, 3.05) is 13.7 Å². The summed E-state index contributed by atoms with van der Waals surface area (Å²) in [5.41, 5.74) is 0. The van der Waals surface area contributed by atoms with E-state index in [1.54, 1.807) is 18.7 Å². The first-order valence-corrected chi connectivity index (χ1v) is 4.06. The van der Waals surface area contributed by atoms with E-state index in [-0.39, 0.29) is 0 Å². The molecule has 0 bridgehead atoms. The molecule has 4 heteroatoms. The van der Waals surface area contributed by atoms with Crippen LogP contribution in [0.25, 0.3) is 0 Å². The van der Waals surface area contributed by atoms with Gasteiger partial charge in [0.05, 0.1) is 0 Å². The lowest BCUT2D eigenvalue weighted by Crippen LogP contribution is -1.73. The van der Waals surface area contributed by atoms with Gasteiger partial charge in [-0.15, -0.1) is 11.3 Å². The first kappa shape index (κ1) is 10.3. The number of thiazole rings is 1. The molecule has 0 aliphatic carbocycles. The third kappa shape index (κ3) is 5.69. The normalized spacial score (nSPS) is 8.18. The molecule has 0 N–H and O–H groups in total. The zero-order chi connectivity index (χ0) is 8.53. The molecule has 0 saturated heterocycles. The fourth-order valence-corrected chi connectivity index (χ4v) is 0.731. The minimum atomic E-state index is 0.542. The third-order valence-corrected chi connectivity index (χ3v) is 1.54. The highest BCUT2D eigenvalue weighted by Gasteiger charge is 1.84. The van der Waals surface area contributed by atoms with Gasteiger partial charge in [0.25, 0.3) is 0 Å². The van der Waals surface area contributed by atoms with Crippen molar-refractivity contribution < 1.29 is 9.53 Å². The molecule has 0 spiro atoms. The van der Waals surface area contributed by atoms with Gasteiger partial charge in [-0.25, -0.2) is 4.98 Å². The Morgan fingerprint density at radius 3 is 2.64 bits per heavy atom. The van der Waals surface area contributed by atoms with Gasteiger partial charge in [0.1, 0.15) is 0 Å². The number of aromatic nitrogens is 1. The molecule has 11 heavy (non-hydrogen) atoms. The van der Waals surface area contributed by atoms with E-state index in [0.29, 0.717) is 5.01 Å². The van der Waals surface area contributed by atoms with Crippen molar-refractivity contribution in [3.63, 3.8) is 0 Å². The molecule has 0 aliphatic rings. The van der Waals surface area contributed by atoms with Crippen molar-refractivity contribution in [3.8, 4) is 0 Å². The van der Waals surface area contributed by atoms with Crippen molar-refractivity contribution in [2.45, 2.75) is 6.92 Å². The highest BCUT2D eigenvalue weighted by Crippen LogP contribution is 1.97. The predicted octanol–water partition coefficient (Wildman–Crippen LogP) is 1.61. The molecule has 0 unspecified atom stereocenters. The van der Waals surface area contributed by atoms with Crippen molar-refractivity contribution in [1.29, 1.82) is 0 Å². The molecule has 62 valence electrons. The van der Waals surface area contributed by atoms with Crippen LogP contribution in [-0.2, 0) is 4.74 Å². The number of methoxy groups -OCH3 is 1. The first-order valence-electron chi connectivity index (χ1n) is 3.18. The third-order valence-electron chi connectivity index (χ3n) is 0.841.